The van der Waals surface area contributed by atoms with Crippen molar-refractivity contribution in [2.75, 3.05) is 19.0 Å². The van der Waals surface area contributed by atoms with Gasteiger partial charge >= 0.3 is 5.97 Å². The Balaban J connectivity index is 2.82. The van der Waals surface area contributed by atoms with Crippen molar-refractivity contribution in [1.82, 2.24) is 4.98 Å². The summed E-state index contributed by atoms with van der Waals surface area (Å²) in [5.41, 5.74) is -0.391. The van der Waals surface area contributed by atoms with E-state index in [1.54, 1.807) is 26.3 Å². The van der Waals surface area contributed by atoms with Crippen LogP contribution in [-0.4, -0.2) is 35.8 Å². The Kier molecular flexibility index (Phi) is 5.31. The van der Waals surface area contributed by atoms with Crippen LogP contribution in [0.4, 0.5) is 5.13 Å². The highest BCUT2D eigenvalue weighted by Gasteiger charge is 2.32. The molecule has 0 spiro atoms. The van der Waals surface area contributed by atoms with Crippen molar-refractivity contribution in [2.24, 2.45) is 5.92 Å². The molecule has 0 radical (unpaired) electrons. The normalized spacial score (nSPS) is 13.6. The standard InChI is InChI=1S/C13H22N2O3S/c1-8(2)9(6-18-5)14-12-15-10(7-19-12)13(3,4)11(16)17/h7-9H,6H2,1-5H3,(H,14,15)(H,16,17). The first-order chi connectivity index (χ1) is 8.78. The lowest BCUT2D eigenvalue weighted by atomic mass is 9.90. The molecule has 5 nitrogen and oxygen atoms in total. The molecule has 0 aliphatic carbocycles. The van der Waals surface area contributed by atoms with E-state index in [-0.39, 0.29) is 6.04 Å². The van der Waals surface area contributed by atoms with Crippen molar-refractivity contribution in [3.05, 3.63) is 11.1 Å². The number of ether oxygens (including phenoxy) is 1. The van der Waals surface area contributed by atoms with Crippen LogP contribution in [0, 0.1) is 5.92 Å². The Morgan fingerprint density at radius 2 is 2.21 bits per heavy atom. The highest BCUT2D eigenvalue weighted by molar-refractivity contribution is 7.13. The van der Waals surface area contributed by atoms with Crippen LogP contribution in [0.5, 0.6) is 0 Å². The van der Waals surface area contributed by atoms with E-state index in [0.29, 0.717) is 18.2 Å². The molecular weight excluding hydrogens is 264 g/mol. The van der Waals surface area contributed by atoms with Crippen LogP contribution in [-0.2, 0) is 14.9 Å². The fourth-order valence-corrected chi connectivity index (χ4v) is 2.42. The summed E-state index contributed by atoms with van der Waals surface area (Å²) in [6, 6.07) is 0.164. The van der Waals surface area contributed by atoms with Gasteiger partial charge in [0.25, 0.3) is 0 Å². The maximum atomic E-state index is 11.2. The summed E-state index contributed by atoms with van der Waals surface area (Å²) in [5.74, 6) is -0.471. The molecule has 1 heterocycles. The molecule has 0 fully saturated rings. The van der Waals surface area contributed by atoms with Crippen molar-refractivity contribution in [3.8, 4) is 0 Å². The molecule has 1 unspecified atom stereocenters. The molecule has 19 heavy (non-hydrogen) atoms. The second-order valence-corrected chi connectivity index (χ2v) is 6.28. The second-order valence-electron chi connectivity index (χ2n) is 5.42. The molecule has 1 aromatic heterocycles. The Labute approximate surface area is 118 Å². The van der Waals surface area contributed by atoms with E-state index >= 15 is 0 Å². The summed E-state index contributed by atoms with van der Waals surface area (Å²) in [6.45, 7) is 8.11. The number of aliphatic carboxylic acids is 1. The fourth-order valence-electron chi connectivity index (χ4n) is 1.48. The summed E-state index contributed by atoms with van der Waals surface area (Å²) >= 11 is 1.42. The summed E-state index contributed by atoms with van der Waals surface area (Å²) in [5, 5.41) is 15.0. The summed E-state index contributed by atoms with van der Waals surface area (Å²) in [4.78, 5) is 15.6. The van der Waals surface area contributed by atoms with Crippen LogP contribution in [0.15, 0.2) is 5.38 Å². The molecule has 108 valence electrons. The molecule has 6 heteroatoms. The zero-order valence-electron chi connectivity index (χ0n) is 12.1. The van der Waals surface area contributed by atoms with E-state index in [4.69, 9.17) is 4.74 Å². The van der Waals surface area contributed by atoms with Crippen molar-refractivity contribution in [1.29, 1.82) is 0 Å². The van der Waals surface area contributed by atoms with Gasteiger partial charge in [0, 0.05) is 12.5 Å². The average Bonchev–Trinajstić information content (AvgIpc) is 2.77. The van der Waals surface area contributed by atoms with Gasteiger partial charge in [-0.15, -0.1) is 11.3 Å². The van der Waals surface area contributed by atoms with Gasteiger partial charge in [-0.2, -0.15) is 0 Å². The molecule has 2 N–H and O–H groups in total. The molecule has 0 saturated carbocycles. The van der Waals surface area contributed by atoms with Gasteiger partial charge in [-0.1, -0.05) is 13.8 Å². The highest BCUT2D eigenvalue weighted by Crippen LogP contribution is 2.28. The van der Waals surface area contributed by atoms with Crippen LogP contribution in [0.2, 0.25) is 0 Å². The molecule has 1 atom stereocenters. The number of nitrogens with one attached hydrogen (secondary N) is 1. The maximum absolute atomic E-state index is 11.2. The van der Waals surface area contributed by atoms with E-state index in [2.05, 4.69) is 24.1 Å². The molecule has 1 aromatic rings. The predicted molar refractivity (Wildman–Crippen MR) is 76.9 cm³/mol. The largest absolute Gasteiger partial charge is 0.481 e. The van der Waals surface area contributed by atoms with E-state index < -0.39 is 11.4 Å². The van der Waals surface area contributed by atoms with Crippen LogP contribution in [0.25, 0.3) is 0 Å². The van der Waals surface area contributed by atoms with Crippen molar-refractivity contribution < 1.29 is 14.6 Å². The lowest BCUT2D eigenvalue weighted by Crippen LogP contribution is -2.31. The third-order valence-electron chi connectivity index (χ3n) is 3.14. The predicted octanol–water partition coefficient (Wildman–Crippen LogP) is 2.59. The first-order valence-corrected chi connectivity index (χ1v) is 7.11. The number of carboxylic acids is 1. The zero-order valence-corrected chi connectivity index (χ0v) is 12.9. The summed E-state index contributed by atoms with van der Waals surface area (Å²) in [6.07, 6.45) is 0. The van der Waals surface area contributed by atoms with Crippen molar-refractivity contribution in [3.63, 3.8) is 0 Å². The molecule has 0 saturated heterocycles. The molecule has 0 aliphatic heterocycles. The number of methoxy groups -OCH3 is 1. The van der Waals surface area contributed by atoms with E-state index in [0.717, 1.165) is 5.13 Å². The van der Waals surface area contributed by atoms with E-state index in [1.165, 1.54) is 11.3 Å². The smallest absolute Gasteiger partial charge is 0.315 e. The lowest BCUT2D eigenvalue weighted by Gasteiger charge is -2.21. The van der Waals surface area contributed by atoms with Crippen LogP contribution < -0.4 is 5.32 Å². The molecule has 1 rings (SSSR count). The second kappa shape index (κ2) is 6.34. The SMILES string of the molecule is COCC(Nc1nc(C(C)(C)C(=O)O)cs1)C(C)C. The minimum absolute atomic E-state index is 0.164. The van der Waals surface area contributed by atoms with Crippen LogP contribution in [0.1, 0.15) is 33.4 Å². The summed E-state index contributed by atoms with van der Waals surface area (Å²) in [7, 11) is 1.66. The zero-order chi connectivity index (χ0) is 14.6. The van der Waals surface area contributed by atoms with E-state index in [1.807, 2.05) is 0 Å². The summed E-state index contributed by atoms with van der Waals surface area (Å²) < 4.78 is 5.17. The number of aromatic nitrogens is 1. The van der Waals surface area contributed by atoms with Crippen LogP contribution in [0.3, 0.4) is 0 Å². The highest BCUT2D eigenvalue weighted by atomic mass is 32.1. The fraction of sp³-hybridized carbons (Fsp3) is 0.692. The van der Waals surface area contributed by atoms with Gasteiger partial charge in [-0.25, -0.2) is 4.98 Å². The Morgan fingerprint density at radius 1 is 1.58 bits per heavy atom. The molecular formula is C13H22N2O3S. The Hall–Kier alpha value is -1.14. The number of hydrogen-bond acceptors (Lipinski definition) is 5. The number of rotatable bonds is 7. The molecule has 0 aliphatic rings. The maximum Gasteiger partial charge on any atom is 0.315 e. The topological polar surface area (TPSA) is 71.5 Å². The minimum Gasteiger partial charge on any atom is -0.481 e. The average molecular weight is 286 g/mol. The van der Waals surface area contributed by atoms with E-state index in [9.17, 15) is 9.90 Å². The first kappa shape index (κ1) is 15.9. The van der Waals surface area contributed by atoms with Crippen molar-refractivity contribution in [2.45, 2.75) is 39.2 Å². The first-order valence-electron chi connectivity index (χ1n) is 6.24. The lowest BCUT2D eigenvalue weighted by molar-refractivity contribution is -0.142. The van der Waals surface area contributed by atoms with Gasteiger partial charge in [0.1, 0.15) is 5.41 Å². The van der Waals surface area contributed by atoms with Crippen molar-refractivity contribution >= 4 is 22.4 Å². The third-order valence-corrected chi connectivity index (χ3v) is 3.91. The van der Waals surface area contributed by atoms with Crippen LogP contribution >= 0.6 is 11.3 Å². The van der Waals surface area contributed by atoms with Gasteiger partial charge in [0.15, 0.2) is 5.13 Å². The number of carbonyl (C=O) groups is 1. The number of anilines is 1. The number of thiazole rings is 1. The monoisotopic (exact) mass is 286 g/mol. The minimum atomic E-state index is -0.967. The number of hydrogen-bond donors (Lipinski definition) is 2. The molecule has 0 amide bonds. The third kappa shape index (κ3) is 3.91. The number of nitrogens with zero attached hydrogens (tertiary/aromatic N) is 1. The van der Waals surface area contributed by atoms with Gasteiger partial charge in [-0.3, -0.25) is 4.79 Å². The quantitative estimate of drug-likeness (QED) is 0.806. The van der Waals surface area contributed by atoms with Gasteiger partial charge in [0.05, 0.1) is 18.3 Å². The Bertz CT molecular complexity index is 429. The van der Waals surface area contributed by atoms with Gasteiger partial charge < -0.3 is 15.2 Å². The Morgan fingerprint density at radius 3 is 2.68 bits per heavy atom. The molecule has 0 bridgehead atoms. The molecule has 0 aromatic carbocycles. The number of carboxylic acid groups (broad SMARTS) is 1. The van der Waals surface area contributed by atoms with Gasteiger partial charge in [0.2, 0.25) is 0 Å². The van der Waals surface area contributed by atoms with Gasteiger partial charge in [-0.05, 0) is 19.8 Å².